The Kier molecular flexibility index (Phi) is 5.78. The molecule has 0 N–H and O–H groups in total. The van der Waals surface area contributed by atoms with Gasteiger partial charge in [0, 0.05) is 29.7 Å². The van der Waals surface area contributed by atoms with Gasteiger partial charge in [0.15, 0.2) is 0 Å². The van der Waals surface area contributed by atoms with Crippen molar-refractivity contribution in [3.05, 3.63) is 70.2 Å². The minimum absolute atomic E-state index is 0.0501. The maximum Gasteiger partial charge on any atom is 0.246 e. The molecule has 2 aromatic carbocycles. The predicted molar refractivity (Wildman–Crippen MR) is 92.6 cm³/mol. The van der Waals surface area contributed by atoms with Crippen molar-refractivity contribution in [1.29, 1.82) is 0 Å². The highest BCUT2D eigenvalue weighted by molar-refractivity contribution is 9.10. The van der Waals surface area contributed by atoms with Crippen molar-refractivity contribution in [3.63, 3.8) is 0 Å². The standard InChI is InChI=1S/C18H18BrNO2/c1-20(13-14-6-4-3-5-7-14)18(21)11-8-15-12-16(19)9-10-17(15)22-2/h3-12H,13H2,1-2H3/b11-8+. The molecular weight excluding hydrogens is 342 g/mol. The average Bonchev–Trinajstić information content (AvgIpc) is 2.53. The second kappa shape index (κ2) is 7.80. The quantitative estimate of drug-likeness (QED) is 0.751. The van der Waals surface area contributed by atoms with Crippen LogP contribution in [0.2, 0.25) is 0 Å². The number of hydrogen-bond donors (Lipinski definition) is 0. The maximum atomic E-state index is 12.2. The van der Waals surface area contributed by atoms with Gasteiger partial charge in [-0.25, -0.2) is 0 Å². The molecule has 0 aliphatic carbocycles. The molecule has 22 heavy (non-hydrogen) atoms. The zero-order valence-corrected chi connectivity index (χ0v) is 14.2. The number of halogens is 1. The molecule has 0 saturated carbocycles. The molecule has 114 valence electrons. The van der Waals surface area contributed by atoms with Gasteiger partial charge in [-0.3, -0.25) is 4.79 Å². The number of amides is 1. The lowest BCUT2D eigenvalue weighted by Gasteiger charge is -2.15. The van der Waals surface area contributed by atoms with Crippen LogP contribution in [0.4, 0.5) is 0 Å². The molecule has 2 aromatic rings. The summed E-state index contributed by atoms with van der Waals surface area (Å²) >= 11 is 3.42. The van der Waals surface area contributed by atoms with Gasteiger partial charge in [0.05, 0.1) is 7.11 Å². The third-order valence-corrected chi connectivity index (χ3v) is 3.73. The second-order valence-electron chi connectivity index (χ2n) is 4.90. The first kappa shape index (κ1) is 16.3. The molecule has 0 heterocycles. The topological polar surface area (TPSA) is 29.5 Å². The van der Waals surface area contributed by atoms with E-state index in [1.54, 1.807) is 31.2 Å². The van der Waals surface area contributed by atoms with Crippen LogP contribution in [-0.2, 0) is 11.3 Å². The summed E-state index contributed by atoms with van der Waals surface area (Å²) < 4.78 is 6.23. The Morgan fingerprint density at radius 1 is 1.23 bits per heavy atom. The van der Waals surface area contributed by atoms with Crippen LogP contribution in [-0.4, -0.2) is 25.0 Å². The number of benzene rings is 2. The van der Waals surface area contributed by atoms with Crippen molar-refractivity contribution < 1.29 is 9.53 Å². The normalized spacial score (nSPS) is 10.7. The number of rotatable bonds is 5. The zero-order chi connectivity index (χ0) is 15.9. The van der Waals surface area contributed by atoms with Gasteiger partial charge in [0.1, 0.15) is 5.75 Å². The molecule has 2 rings (SSSR count). The van der Waals surface area contributed by atoms with Gasteiger partial charge >= 0.3 is 0 Å². The van der Waals surface area contributed by atoms with Crippen molar-refractivity contribution in [2.45, 2.75) is 6.54 Å². The minimum atomic E-state index is -0.0501. The van der Waals surface area contributed by atoms with Crippen LogP contribution in [0.5, 0.6) is 5.75 Å². The summed E-state index contributed by atoms with van der Waals surface area (Å²) in [7, 11) is 3.40. The molecule has 0 fully saturated rings. The Balaban J connectivity index is 2.06. The van der Waals surface area contributed by atoms with E-state index < -0.39 is 0 Å². The summed E-state index contributed by atoms with van der Waals surface area (Å²) in [5, 5.41) is 0. The molecule has 0 aromatic heterocycles. The summed E-state index contributed by atoms with van der Waals surface area (Å²) in [5.74, 6) is 0.684. The number of methoxy groups -OCH3 is 1. The highest BCUT2D eigenvalue weighted by atomic mass is 79.9. The van der Waals surface area contributed by atoms with Crippen LogP contribution in [0.3, 0.4) is 0 Å². The lowest BCUT2D eigenvalue weighted by molar-refractivity contribution is -0.125. The van der Waals surface area contributed by atoms with E-state index in [1.165, 1.54) is 0 Å². The highest BCUT2D eigenvalue weighted by Crippen LogP contribution is 2.24. The summed E-state index contributed by atoms with van der Waals surface area (Å²) in [6.07, 6.45) is 3.33. The fraction of sp³-hybridized carbons (Fsp3) is 0.167. The molecule has 0 saturated heterocycles. The Morgan fingerprint density at radius 2 is 1.95 bits per heavy atom. The molecule has 0 unspecified atom stereocenters. The van der Waals surface area contributed by atoms with Crippen LogP contribution in [0.15, 0.2) is 59.1 Å². The Hall–Kier alpha value is -2.07. The van der Waals surface area contributed by atoms with Gasteiger partial charge in [0.25, 0.3) is 0 Å². The van der Waals surface area contributed by atoms with Crippen LogP contribution in [0, 0.1) is 0 Å². The molecule has 1 amide bonds. The van der Waals surface area contributed by atoms with Crippen LogP contribution in [0.25, 0.3) is 6.08 Å². The average molecular weight is 360 g/mol. The molecule has 0 atom stereocenters. The first-order valence-corrected chi connectivity index (χ1v) is 7.70. The monoisotopic (exact) mass is 359 g/mol. The van der Waals surface area contributed by atoms with Crippen LogP contribution < -0.4 is 4.74 Å². The summed E-state index contributed by atoms with van der Waals surface area (Å²) in [4.78, 5) is 13.9. The van der Waals surface area contributed by atoms with E-state index in [9.17, 15) is 4.79 Å². The van der Waals surface area contributed by atoms with Crippen molar-refractivity contribution in [2.75, 3.05) is 14.2 Å². The lowest BCUT2D eigenvalue weighted by Crippen LogP contribution is -2.24. The fourth-order valence-electron chi connectivity index (χ4n) is 2.06. The van der Waals surface area contributed by atoms with E-state index in [4.69, 9.17) is 4.74 Å². The second-order valence-corrected chi connectivity index (χ2v) is 5.82. The van der Waals surface area contributed by atoms with E-state index in [0.29, 0.717) is 6.54 Å². The van der Waals surface area contributed by atoms with E-state index >= 15 is 0 Å². The number of carbonyl (C=O) groups excluding carboxylic acids is 1. The lowest BCUT2D eigenvalue weighted by atomic mass is 10.2. The van der Waals surface area contributed by atoms with Gasteiger partial charge in [-0.15, -0.1) is 0 Å². The number of carbonyl (C=O) groups is 1. The maximum absolute atomic E-state index is 12.2. The zero-order valence-electron chi connectivity index (χ0n) is 12.6. The highest BCUT2D eigenvalue weighted by Gasteiger charge is 2.06. The summed E-state index contributed by atoms with van der Waals surface area (Å²) in [6.45, 7) is 0.583. The largest absolute Gasteiger partial charge is 0.496 e. The Morgan fingerprint density at radius 3 is 2.64 bits per heavy atom. The van der Waals surface area contributed by atoms with E-state index in [0.717, 1.165) is 21.3 Å². The first-order valence-electron chi connectivity index (χ1n) is 6.91. The van der Waals surface area contributed by atoms with Crippen LogP contribution >= 0.6 is 15.9 Å². The Bertz CT molecular complexity index is 668. The molecule has 3 nitrogen and oxygen atoms in total. The molecule has 4 heteroatoms. The van der Waals surface area contributed by atoms with Gasteiger partial charge in [-0.05, 0) is 29.8 Å². The van der Waals surface area contributed by atoms with Gasteiger partial charge in [-0.2, -0.15) is 0 Å². The van der Waals surface area contributed by atoms with Crippen molar-refractivity contribution >= 4 is 27.9 Å². The molecule has 0 spiro atoms. The molecule has 0 aliphatic heterocycles. The minimum Gasteiger partial charge on any atom is -0.496 e. The third kappa shape index (κ3) is 4.46. The number of likely N-dealkylation sites (N-methyl/N-ethyl adjacent to an activating group) is 1. The molecule has 0 aliphatic rings. The summed E-state index contributed by atoms with van der Waals surface area (Å²) in [6, 6.07) is 15.6. The summed E-state index contributed by atoms with van der Waals surface area (Å²) in [5.41, 5.74) is 1.96. The number of hydrogen-bond acceptors (Lipinski definition) is 2. The van der Waals surface area contributed by atoms with Gasteiger partial charge in [-0.1, -0.05) is 46.3 Å². The van der Waals surface area contributed by atoms with Crippen molar-refractivity contribution in [2.24, 2.45) is 0 Å². The third-order valence-electron chi connectivity index (χ3n) is 3.24. The molecule has 0 radical (unpaired) electrons. The van der Waals surface area contributed by atoms with E-state index in [1.807, 2.05) is 48.5 Å². The van der Waals surface area contributed by atoms with E-state index in [2.05, 4.69) is 15.9 Å². The number of ether oxygens (including phenoxy) is 1. The smallest absolute Gasteiger partial charge is 0.246 e. The van der Waals surface area contributed by atoms with Gasteiger partial charge < -0.3 is 9.64 Å². The molecular formula is C18H18BrNO2. The Labute approximate surface area is 139 Å². The fourth-order valence-corrected chi connectivity index (χ4v) is 2.44. The predicted octanol–water partition coefficient (Wildman–Crippen LogP) is 4.13. The SMILES string of the molecule is COc1ccc(Br)cc1/C=C/C(=O)N(C)Cc1ccccc1. The first-order chi connectivity index (χ1) is 10.6. The number of nitrogens with zero attached hydrogens (tertiary/aromatic N) is 1. The molecule has 0 bridgehead atoms. The van der Waals surface area contributed by atoms with Crippen LogP contribution in [0.1, 0.15) is 11.1 Å². The van der Waals surface area contributed by atoms with Crippen molar-refractivity contribution in [1.82, 2.24) is 4.90 Å². The van der Waals surface area contributed by atoms with E-state index in [-0.39, 0.29) is 5.91 Å². The van der Waals surface area contributed by atoms with Gasteiger partial charge in [0.2, 0.25) is 5.91 Å². The van der Waals surface area contributed by atoms with Crippen molar-refractivity contribution in [3.8, 4) is 5.75 Å².